The average molecular weight is 290 g/mol. The number of halogens is 3. The first kappa shape index (κ1) is 14.6. The fourth-order valence-corrected chi connectivity index (χ4v) is 2.05. The van der Waals surface area contributed by atoms with Crippen LogP contribution >= 0.6 is 0 Å². The Morgan fingerprint density at radius 2 is 2.25 bits per heavy atom. The summed E-state index contributed by atoms with van der Waals surface area (Å²) in [6.45, 7) is 1.00. The number of rotatable bonds is 3. The summed E-state index contributed by atoms with van der Waals surface area (Å²) in [5.41, 5.74) is -0.829. The minimum absolute atomic E-state index is 0.150. The van der Waals surface area contributed by atoms with Crippen LogP contribution < -0.4 is 4.90 Å². The molecule has 0 radical (unpaired) electrons. The summed E-state index contributed by atoms with van der Waals surface area (Å²) >= 11 is 0. The van der Waals surface area contributed by atoms with Crippen LogP contribution in [0.3, 0.4) is 0 Å². The van der Waals surface area contributed by atoms with Crippen molar-refractivity contribution in [3.05, 3.63) is 23.9 Å². The number of pyridine rings is 1. The highest BCUT2D eigenvalue weighted by molar-refractivity contribution is 5.68. The molecule has 110 valence electrons. The van der Waals surface area contributed by atoms with E-state index < -0.39 is 23.8 Å². The second-order valence-electron chi connectivity index (χ2n) is 4.42. The largest absolute Gasteiger partial charge is 0.481 e. The van der Waals surface area contributed by atoms with Gasteiger partial charge in [0.05, 0.1) is 31.2 Å². The Morgan fingerprint density at radius 3 is 2.80 bits per heavy atom. The quantitative estimate of drug-likeness (QED) is 0.919. The lowest BCUT2D eigenvalue weighted by atomic mass is 10.1. The van der Waals surface area contributed by atoms with Crippen molar-refractivity contribution in [1.82, 2.24) is 4.98 Å². The summed E-state index contributed by atoms with van der Waals surface area (Å²) in [6, 6.07) is 1.77. The van der Waals surface area contributed by atoms with Gasteiger partial charge in [0.15, 0.2) is 0 Å². The van der Waals surface area contributed by atoms with Gasteiger partial charge in [-0.3, -0.25) is 4.79 Å². The van der Waals surface area contributed by atoms with Crippen molar-refractivity contribution < 1.29 is 27.8 Å². The van der Waals surface area contributed by atoms with Gasteiger partial charge < -0.3 is 14.7 Å². The van der Waals surface area contributed by atoms with Crippen molar-refractivity contribution in [3.63, 3.8) is 0 Å². The minimum Gasteiger partial charge on any atom is -0.481 e. The highest BCUT2D eigenvalue weighted by Gasteiger charge is 2.32. The highest BCUT2D eigenvalue weighted by Crippen LogP contribution is 2.30. The lowest BCUT2D eigenvalue weighted by Gasteiger charge is -2.35. The maximum Gasteiger partial charge on any atom is 0.417 e. The van der Waals surface area contributed by atoms with E-state index in [0.717, 1.165) is 12.3 Å². The molecule has 1 aliphatic heterocycles. The number of carboxylic acid groups (broad SMARTS) is 1. The van der Waals surface area contributed by atoms with Gasteiger partial charge in [0, 0.05) is 12.7 Å². The van der Waals surface area contributed by atoms with Crippen LogP contribution in [0.4, 0.5) is 19.0 Å². The van der Waals surface area contributed by atoms with E-state index in [1.165, 1.54) is 6.07 Å². The standard InChI is InChI=1S/C12H13F3N2O3/c13-12(14,15)8-1-2-10(16-6-8)17-3-4-20-7-9(17)5-11(18)19/h1-2,6,9H,3-5,7H2,(H,18,19). The van der Waals surface area contributed by atoms with Gasteiger partial charge in [-0.25, -0.2) is 4.98 Å². The smallest absolute Gasteiger partial charge is 0.417 e. The monoisotopic (exact) mass is 290 g/mol. The maximum atomic E-state index is 12.5. The molecule has 0 aromatic carbocycles. The fourth-order valence-electron chi connectivity index (χ4n) is 2.05. The fraction of sp³-hybridized carbons (Fsp3) is 0.500. The number of ether oxygens (including phenoxy) is 1. The van der Waals surface area contributed by atoms with Crippen molar-refractivity contribution >= 4 is 11.8 Å². The predicted molar refractivity (Wildman–Crippen MR) is 63.4 cm³/mol. The van der Waals surface area contributed by atoms with Crippen molar-refractivity contribution in [1.29, 1.82) is 0 Å². The number of anilines is 1. The number of carbonyl (C=O) groups is 1. The van der Waals surface area contributed by atoms with Crippen molar-refractivity contribution in [2.45, 2.75) is 18.6 Å². The molecule has 0 spiro atoms. The summed E-state index contributed by atoms with van der Waals surface area (Å²) in [6.07, 6.45) is -3.83. The number of aromatic nitrogens is 1. The van der Waals surface area contributed by atoms with E-state index in [2.05, 4.69) is 4.98 Å². The molecule has 1 atom stereocenters. The highest BCUT2D eigenvalue weighted by atomic mass is 19.4. The molecule has 2 heterocycles. The average Bonchev–Trinajstić information content (AvgIpc) is 2.38. The molecule has 1 fully saturated rings. The zero-order chi connectivity index (χ0) is 14.8. The van der Waals surface area contributed by atoms with Gasteiger partial charge in [0.2, 0.25) is 0 Å². The van der Waals surface area contributed by atoms with E-state index in [1.807, 2.05) is 0 Å². The van der Waals surface area contributed by atoms with Gasteiger partial charge in [-0.15, -0.1) is 0 Å². The Bertz CT molecular complexity index is 476. The van der Waals surface area contributed by atoms with Crippen LogP contribution in [0.5, 0.6) is 0 Å². The molecule has 1 aromatic rings. The lowest BCUT2D eigenvalue weighted by Crippen LogP contribution is -2.47. The molecule has 0 amide bonds. The molecule has 1 aromatic heterocycles. The molecule has 20 heavy (non-hydrogen) atoms. The molecule has 0 saturated carbocycles. The second kappa shape index (κ2) is 5.66. The van der Waals surface area contributed by atoms with Crippen LogP contribution in [-0.2, 0) is 15.7 Å². The summed E-state index contributed by atoms with van der Waals surface area (Å²) in [5, 5.41) is 8.83. The molecule has 1 saturated heterocycles. The van der Waals surface area contributed by atoms with E-state index in [4.69, 9.17) is 9.84 Å². The Morgan fingerprint density at radius 1 is 1.50 bits per heavy atom. The number of hydrogen-bond acceptors (Lipinski definition) is 4. The third kappa shape index (κ3) is 3.38. The summed E-state index contributed by atoms with van der Waals surface area (Å²) in [4.78, 5) is 16.2. The molecule has 1 aliphatic rings. The topological polar surface area (TPSA) is 62.7 Å². The number of carboxylic acids is 1. The van der Waals surface area contributed by atoms with E-state index in [0.29, 0.717) is 19.0 Å². The van der Waals surface area contributed by atoms with Crippen molar-refractivity contribution in [2.24, 2.45) is 0 Å². The number of alkyl halides is 3. The molecule has 8 heteroatoms. The molecular formula is C12H13F3N2O3. The molecule has 2 rings (SSSR count). The van der Waals surface area contributed by atoms with Crippen molar-refractivity contribution in [2.75, 3.05) is 24.7 Å². The lowest BCUT2D eigenvalue weighted by molar-refractivity contribution is -0.138. The van der Waals surface area contributed by atoms with Crippen LogP contribution in [0.1, 0.15) is 12.0 Å². The number of hydrogen-bond donors (Lipinski definition) is 1. The van der Waals surface area contributed by atoms with E-state index >= 15 is 0 Å². The van der Waals surface area contributed by atoms with Gasteiger partial charge in [0.25, 0.3) is 0 Å². The molecule has 1 unspecified atom stereocenters. The van der Waals surface area contributed by atoms with Gasteiger partial charge in [-0.2, -0.15) is 13.2 Å². The minimum atomic E-state index is -4.43. The normalized spacial score (nSPS) is 19.9. The van der Waals surface area contributed by atoms with Crippen LogP contribution in [0.2, 0.25) is 0 Å². The first-order valence-corrected chi connectivity index (χ1v) is 5.97. The van der Waals surface area contributed by atoms with E-state index in [1.54, 1.807) is 4.90 Å². The van der Waals surface area contributed by atoms with Gasteiger partial charge in [-0.05, 0) is 12.1 Å². The SMILES string of the molecule is O=C(O)CC1COCCN1c1ccc(C(F)(F)F)cn1. The first-order chi connectivity index (χ1) is 9.38. The van der Waals surface area contributed by atoms with Crippen LogP contribution in [0.25, 0.3) is 0 Å². The maximum absolute atomic E-state index is 12.5. The summed E-state index contributed by atoms with van der Waals surface area (Å²) in [7, 11) is 0. The second-order valence-corrected chi connectivity index (χ2v) is 4.42. The zero-order valence-electron chi connectivity index (χ0n) is 10.4. The van der Waals surface area contributed by atoms with Gasteiger partial charge in [-0.1, -0.05) is 0 Å². The van der Waals surface area contributed by atoms with Crippen molar-refractivity contribution in [3.8, 4) is 0 Å². The van der Waals surface area contributed by atoms with Crippen LogP contribution in [0, 0.1) is 0 Å². The van der Waals surface area contributed by atoms with E-state index in [9.17, 15) is 18.0 Å². The van der Waals surface area contributed by atoms with Gasteiger partial charge >= 0.3 is 12.1 Å². The summed E-state index contributed by atoms with van der Waals surface area (Å²) < 4.78 is 42.6. The predicted octanol–water partition coefficient (Wildman–Crippen LogP) is 1.78. The Hall–Kier alpha value is -1.83. The third-order valence-electron chi connectivity index (χ3n) is 3.01. The Kier molecular flexibility index (Phi) is 4.12. The van der Waals surface area contributed by atoms with E-state index in [-0.39, 0.29) is 13.0 Å². The van der Waals surface area contributed by atoms with Crippen LogP contribution in [-0.4, -0.2) is 41.9 Å². The number of nitrogens with zero attached hydrogens (tertiary/aromatic N) is 2. The Labute approximate surface area is 113 Å². The number of aliphatic carboxylic acids is 1. The first-order valence-electron chi connectivity index (χ1n) is 5.97. The molecular weight excluding hydrogens is 277 g/mol. The Balaban J connectivity index is 2.17. The zero-order valence-corrected chi connectivity index (χ0v) is 10.4. The molecule has 5 nitrogen and oxygen atoms in total. The molecule has 0 aliphatic carbocycles. The van der Waals surface area contributed by atoms with Gasteiger partial charge in [0.1, 0.15) is 5.82 Å². The third-order valence-corrected chi connectivity index (χ3v) is 3.01. The summed E-state index contributed by atoms with van der Waals surface area (Å²) in [5.74, 6) is -0.662. The van der Waals surface area contributed by atoms with Crippen LogP contribution in [0.15, 0.2) is 18.3 Å². The number of morpholine rings is 1. The molecule has 1 N–H and O–H groups in total. The molecule has 0 bridgehead atoms.